The van der Waals surface area contributed by atoms with E-state index in [2.05, 4.69) is 5.32 Å². The lowest BCUT2D eigenvalue weighted by Gasteiger charge is -2.30. The first kappa shape index (κ1) is 24.5. The number of hydrogen-bond acceptors (Lipinski definition) is 3. The molecule has 8 heteroatoms. The highest BCUT2D eigenvalue weighted by Crippen LogP contribution is 2.27. The third-order valence-corrected chi connectivity index (χ3v) is 6.10. The van der Waals surface area contributed by atoms with E-state index in [-0.39, 0.29) is 36.0 Å². The zero-order valence-corrected chi connectivity index (χ0v) is 19.5. The Morgan fingerprint density at radius 1 is 1.07 bits per heavy atom. The lowest BCUT2D eigenvalue weighted by atomic mass is 10.1. The summed E-state index contributed by atoms with van der Waals surface area (Å²) in [5, 5.41) is 3.68. The summed E-state index contributed by atoms with van der Waals surface area (Å²) in [6.07, 6.45) is 0. The van der Waals surface area contributed by atoms with Gasteiger partial charge in [0.2, 0.25) is 11.8 Å². The van der Waals surface area contributed by atoms with Crippen LogP contribution in [0.15, 0.2) is 42.5 Å². The highest BCUT2D eigenvalue weighted by molar-refractivity contribution is 7.99. The molecule has 4 nitrogen and oxygen atoms in total. The third kappa shape index (κ3) is 6.89. The Kier molecular flexibility index (Phi) is 9.46. The van der Waals surface area contributed by atoms with Gasteiger partial charge in [0, 0.05) is 33.9 Å². The summed E-state index contributed by atoms with van der Waals surface area (Å²) in [5.74, 6) is -0.373. The van der Waals surface area contributed by atoms with E-state index in [1.807, 2.05) is 13.8 Å². The van der Waals surface area contributed by atoms with Crippen molar-refractivity contribution in [1.82, 2.24) is 10.2 Å². The number of halogens is 3. The molecule has 0 bridgehead atoms. The topological polar surface area (TPSA) is 49.4 Å². The molecule has 0 unspecified atom stereocenters. The van der Waals surface area contributed by atoms with E-state index < -0.39 is 6.04 Å². The lowest BCUT2D eigenvalue weighted by molar-refractivity contribution is -0.138. The van der Waals surface area contributed by atoms with Gasteiger partial charge in [-0.25, -0.2) is 4.39 Å². The quantitative estimate of drug-likeness (QED) is 0.540. The molecule has 0 heterocycles. The number of carbonyl (C=O) groups excluding carboxylic acids is 2. The molecule has 2 rings (SSSR count). The smallest absolute Gasteiger partial charge is 0.242 e. The Morgan fingerprint density at radius 3 is 2.30 bits per heavy atom. The molecule has 0 aliphatic rings. The molecule has 0 radical (unpaired) electrons. The molecule has 0 aromatic heterocycles. The maximum Gasteiger partial charge on any atom is 0.242 e. The molecule has 162 valence electrons. The summed E-state index contributed by atoms with van der Waals surface area (Å²) in [6, 6.07) is 10.8. The SMILES string of the molecule is CC(C)NC(=O)[C@@H](C)N(Cc1c(Cl)cccc1Cl)C(=O)CSCc1ccccc1F. The van der Waals surface area contributed by atoms with Gasteiger partial charge in [-0.15, -0.1) is 11.8 Å². The van der Waals surface area contributed by atoms with Crippen molar-refractivity contribution in [3.8, 4) is 0 Å². The lowest BCUT2D eigenvalue weighted by Crippen LogP contribution is -2.49. The number of thioether (sulfide) groups is 1. The molecule has 1 atom stereocenters. The molecule has 2 aromatic carbocycles. The van der Waals surface area contributed by atoms with Gasteiger partial charge in [-0.1, -0.05) is 47.5 Å². The van der Waals surface area contributed by atoms with Gasteiger partial charge in [-0.2, -0.15) is 0 Å². The van der Waals surface area contributed by atoms with Gasteiger partial charge in [0.1, 0.15) is 11.9 Å². The van der Waals surface area contributed by atoms with Crippen LogP contribution in [-0.2, 0) is 21.9 Å². The maximum atomic E-state index is 13.8. The molecule has 0 saturated carbocycles. The molecule has 0 aliphatic heterocycles. The van der Waals surface area contributed by atoms with E-state index in [1.165, 1.54) is 22.7 Å². The number of nitrogens with zero attached hydrogens (tertiary/aromatic N) is 1. The minimum absolute atomic E-state index is 0.0590. The molecular weight excluding hydrogens is 446 g/mol. The van der Waals surface area contributed by atoms with Crippen LogP contribution in [0.4, 0.5) is 4.39 Å². The van der Waals surface area contributed by atoms with Crippen LogP contribution in [-0.4, -0.2) is 34.6 Å². The van der Waals surface area contributed by atoms with Gasteiger partial charge in [0.15, 0.2) is 0 Å². The number of rotatable bonds is 9. The molecule has 0 saturated heterocycles. The molecule has 2 amide bonds. The molecule has 2 aromatic rings. The van der Waals surface area contributed by atoms with Gasteiger partial charge >= 0.3 is 0 Å². The van der Waals surface area contributed by atoms with E-state index in [9.17, 15) is 14.0 Å². The largest absolute Gasteiger partial charge is 0.352 e. The predicted molar refractivity (Wildman–Crippen MR) is 122 cm³/mol. The summed E-state index contributed by atoms with van der Waals surface area (Å²) in [4.78, 5) is 27.1. The number of benzene rings is 2. The van der Waals surface area contributed by atoms with Gasteiger partial charge < -0.3 is 10.2 Å². The van der Waals surface area contributed by atoms with E-state index in [4.69, 9.17) is 23.2 Å². The van der Waals surface area contributed by atoms with Crippen molar-refractivity contribution < 1.29 is 14.0 Å². The standard InChI is InChI=1S/C22H25Cl2FN2O2S/c1-14(2)26-22(29)15(3)27(11-17-18(23)8-6-9-19(17)24)21(28)13-30-12-16-7-4-5-10-20(16)25/h4-10,14-15H,11-13H2,1-3H3,(H,26,29)/t15-/m1/s1. The van der Waals surface area contributed by atoms with E-state index in [0.29, 0.717) is 26.9 Å². The minimum Gasteiger partial charge on any atom is -0.352 e. The normalized spacial score (nSPS) is 12.0. The monoisotopic (exact) mass is 470 g/mol. The Morgan fingerprint density at radius 2 is 1.70 bits per heavy atom. The average Bonchev–Trinajstić information content (AvgIpc) is 2.68. The number of carbonyl (C=O) groups is 2. The van der Waals surface area contributed by atoms with E-state index >= 15 is 0 Å². The summed E-state index contributed by atoms with van der Waals surface area (Å²) in [7, 11) is 0. The van der Waals surface area contributed by atoms with Gasteiger partial charge in [0.05, 0.1) is 5.75 Å². The van der Waals surface area contributed by atoms with Crippen molar-refractivity contribution in [3.63, 3.8) is 0 Å². The Bertz CT molecular complexity index is 875. The highest BCUT2D eigenvalue weighted by Gasteiger charge is 2.27. The maximum absolute atomic E-state index is 13.8. The van der Waals surface area contributed by atoms with Crippen molar-refractivity contribution in [2.75, 3.05) is 5.75 Å². The van der Waals surface area contributed by atoms with Crippen molar-refractivity contribution in [2.24, 2.45) is 0 Å². The van der Waals surface area contributed by atoms with Gasteiger partial charge in [-0.05, 0) is 44.5 Å². The van der Waals surface area contributed by atoms with E-state index in [1.54, 1.807) is 43.3 Å². The number of amides is 2. The first-order valence-electron chi connectivity index (χ1n) is 9.54. The Labute approximate surface area is 191 Å². The van der Waals surface area contributed by atoms with E-state index in [0.717, 1.165) is 0 Å². The van der Waals surface area contributed by atoms with Crippen molar-refractivity contribution in [3.05, 3.63) is 69.5 Å². The average molecular weight is 471 g/mol. The molecule has 1 N–H and O–H groups in total. The highest BCUT2D eigenvalue weighted by atomic mass is 35.5. The van der Waals surface area contributed by atoms with Crippen molar-refractivity contribution >= 4 is 46.8 Å². The minimum atomic E-state index is -0.721. The van der Waals surface area contributed by atoms with Crippen LogP contribution in [0.2, 0.25) is 10.0 Å². The van der Waals surface area contributed by atoms with Crippen LogP contribution in [0, 0.1) is 5.82 Å². The van der Waals surface area contributed by atoms with Gasteiger partial charge in [0.25, 0.3) is 0 Å². The van der Waals surface area contributed by atoms with Crippen LogP contribution in [0.25, 0.3) is 0 Å². The number of nitrogens with one attached hydrogen (secondary N) is 1. The zero-order valence-electron chi connectivity index (χ0n) is 17.1. The summed E-state index contributed by atoms with van der Waals surface area (Å²) >= 11 is 13.8. The number of hydrogen-bond donors (Lipinski definition) is 1. The zero-order chi connectivity index (χ0) is 22.3. The second-order valence-electron chi connectivity index (χ2n) is 7.15. The van der Waals surface area contributed by atoms with Crippen LogP contribution < -0.4 is 5.32 Å². The summed E-state index contributed by atoms with van der Waals surface area (Å²) in [5.41, 5.74) is 1.11. The van der Waals surface area contributed by atoms with Crippen LogP contribution in [0.5, 0.6) is 0 Å². The fourth-order valence-corrected chi connectivity index (χ4v) is 4.20. The molecule has 0 aliphatic carbocycles. The first-order chi connectivity index (χ1) is 14.2. The molecule has 0 spiro atoms. The second kappa shape index (κ2) is 11.6. The fraction of sp³-hybridized carbons (Fsp3) is 0.364. The van der Waals surface area contributed by atoms with Crippen molar-refractivity contribution in [1.29, 1.82) is 0 Å². The Balaban J connectivity index is 2.16. The van der Waals surface area contributed by atoms with Gasteiger partial charge in [-0.3, -0.25) is 9.59 Å². The molecular formula is C22H25Cl2FN2O2S. The van der Waals surface area contributed by atoms with Crippen LogP contribution >= 0.6 is 35.0 Å². The Hall–Kier alpha value is -1.76. The van der Waals surface area contributed by atoms with Crippen molar-refractivity contribution in [2.45, 2.75) is 45.2 Å². The predicted octanol–water partition coefficient (Wildman–Crippen LogP) is 5.31. The summed E-state index contributed by atoms with van der Waals surface area (Å²) in [6.45, 7) is 5.48. The first-order valence-corrected chi connectivity index (χ1v) is 11.5. The summed E-state index contributed by atoms with van der Waals surface area (Å²) < 4.78 is 13.8. The molecule has 30 heavy (non-hydrogen) atoms. The van der Waals surface area contributed by atoms with Crippen LogP contribution in [0.1, 0.15) is 31.9 Å². The van der Waals surface area contributed by atoms with Crippen LogP contribution in [0.3, 0.4) is 0 Å². The molecule has 0 fully saturated rings. The fourth-order valence-electron chi connectivity index (χ4n) is 2.79. The third-order valence-electron chi connectivity index (χ3n) is 4.43. The second-order valence-corrected chi connectivity index (χ2v) is 8.95.